The lowest BCUT2D eigenvalue weighted by Gasteiger charge is -2.08. The van der Waals surface area contributed by atoms with Gasteiger partial charge in [0.05, 0.1) is 21.7 Å². The number of hydrogen-bond acceptors (Lipinski definition) is 6. The first-order valence-corrected chi connectivity index (χ1v) is 6.58. The van der Waals surface area contributed by atoms with E-state index in [0.717, 1.165) is 4.70 Å². The van der Waals surface area contributed by atoms with E-state index in [2.05, 4.69) is 10.3 Å². The van der Waals surface area contributed by atoms with E-state index in [1.807, 2.05) is 0 Å². The minimum atomic E-state index is -2.52. The number of hydrogen-bond donors (Lipinski definition) is 1. The Morgan fingerprint density at radius 3 is 3.00 bits per heavy atom. The SMILES string of the molecule is O=[N+]([O-])c1c(NCCOCC(F)F)ccc2scnc12. The Morgan fingerprint density at radius 1 is 1.50 bits per heavy atom. The van der Waals surface area contributed by atoms with Crippen LogP contribution in [-0.4, -0.2) is 36.1 Å². The highest BCUT2D eigenvalue weighted by Gasteiger charge is 2.20. The van der Waals surface area contributed by atoms with Crippen molar-refractivity contribution in [2.45, 2.75) is 6.43 Å². The molecule has 1 heterocycles. The summed E-state index contributed by atoms with van der Waals surface area (Å²) in [5.74, 6) is 0. The van der Waals surface area contributed by atoms with Gasteiger partial charge in [0, 0.05) is 6.54 Å². The van der Waals surface area contributed by atoms with Crippen LogP contribution in [-0.2, 0) is 4.74 Å². The first kappa shape index (κ1) is 14.5. The van der Waals surface area contributed by atoms with Gasteiger partial charge in [-0.15, -0.1) is 11.3 Å². The molecule has 6 nitrogen and oxygen atoms in total. The third kappa shape index (κ3) is 3.36. The van der Waals surface area contributed by atoms with Crippen LogP contribution in [0.4, 0.5) is 20.2 Å². The van der Waals surface area contributed by atoms with Gasteiger partial charge in [-0.3, -0.25) is 10.1 Å². The Bertz CT molecular complexity index is 606. The maximum absolute atomic E-state index is 11.9. The number of aromatic nitrogens is 1. The molecule has 0 bridgehead atoms. The number of ether oxygens (including phenoxy) is 1. The Morgan fingerprint density at radius 2 is 2.30 bits per heavy atom. The van der Waals surface area contributed by atoms with E-state index < -0.39 is 18.0 Å². The van der Waals surface area contributed by atoms with Crippen molar-refractivity contribution in [2.24, 2.45) is 0 Å². The van der Waals surface area contributed by atoms with Crippen molar-refractivity contribution >= 4 is 32.9 Å². The topological polar surface area (TPSA) is 77.3 Å². The van der Waals surface area contributed by atoms with Crippen LogP contribution in [0.15, 0.2) is 17.6 Å². The maximum Gasteiger partial charge on any atom is 0.319 e. The van der Waals surface area contributed by atoms with Crippen LogP contribution >= 0.6 is 11.3 Å². The van der Waals surface area contributed by atoms with Crippen LogP contribution in [0.2, 0.25) is 0 Å². The fourth-order valence-corrected chi connectivity index (χ4v) is 2.35. The molecule has 0 unspecified atom stereocenters. The van der Waals surface area contributed by atoms with Gasteiger partial charge >= 0.3 is 5.69 Å². The zero-order valence-corrected chi connectivity index (χ0v) is 11.0. The minimum absolute atomic E-state index is 0.0383. The highest BCUT2D eigenvalue weighted by molar-refractivity contribution is 7.16. The van der Waals surface area contributed by atoms with Crippen LogP contribution in [0.3, 0.4) is 0 Å². The minimum Gasteiger partial charge on any atom is -0.377 e. The van der Waals surface area contributed by atoms with Crippen LogP contribution < -0.4 is 5.32 Å². The molecule has 0 atom stereocenters. The van der Waals surface area contributed by atoms with Crippen LogP contribution in [0.25, 0.3) is 10.2 Å². The molecular weight excluding hydrogens is 292 g/mol. The molecule has 0 amide bonds. The zero-order valence-electron chi connectivity index (χ0n) is 10.2. The summed E-state index contributed by atoms with van der Waals surface area (Å²) in [5, 5.41) is 13.9. The van der Waals surface area contributed by atoms with Crippen LogP contribution in [0.1, 0.15) is 0 Å². The van der Waals surface area contributed by atoms with Crippen molar-refractivity contribution < 1.29 is 18.4 Å². The summed E-state index contributed by atoms with van der Waals surface area (Å²) in [6.07, 6.45) is -2.52. The quantitative estimate of drug-likeness (QED) is 0.483. The van der Waals surface area contributed by atoms with E-state index in [1.54, 1.807) is 12.1 Å². The number of fused-ring (bicyclic) bond motifs is 1. The molecule has 0 radical (unpaired) electrons. The molecule has 0 fully saturated rings. The summed E-state index contributed by atoms with van der Waals surface area (Å²) in [6.45, 7) is -0.408. The van der Waals surface area contributed by atoms with Crippen molar-refractivity contribution in [1.29, 1.82) is 0 Å². The van der Waals surface area contributed by atoms with Crippen LogP contribution in [0.5, 0.6) is 0 Å². The van der Waals surface area contributed by atoms with Gasteiger partial charge in [-0.2, -0.15) is 0 Å². The number of nitrogens with zero attached hydrogens (tertiary/aromatic N) is 2. The van der Waals surface area contributed by atoms with E-state index in [1.165, 1.54) is 16.8 Å². The molecule has 0 aliphatic rings. The predicted molar refractivity (Wildman–Crippen MR) is 71.6 cm³/mol. The highest BCUT2D eigenvalue weighted by Crippen LogP contribution is 2.34. The number of nitro groups is 1. The van der Waals surface area contributed by atoms with Gasteiger partial charge in [-0.25, -0.2) is 13.8 Å². The first-order chi connectivity index (χ1) is 9.59. The molecule has 0 saturated carbocycles. The van der Waals surface area contributed by atoms with Gasteiger partial charge in [0.1, 0.15) is 12.3 Å². The highest BCUT2D eigenvalue weighted by atomic mass is 32.1. The van der Waals surface area contributed by atoms with Gasteiger partial charge in [-0.1, -0.05) is 0 Å². The van der Waals surface area contributed by atoms with Crippen molar-refractivity contribution in [1.82, 2.24) is 4.98 Å². The van der Waals surface area contributed by atoms with Gasteiger partial charge in [0.2, 0.25) is 0 Å². The number of thiazole rings is 1. The molecule has 0 aliphatic heterocycles. The molecule has 1 aromatic carbocycles. The smallest absolute Gasteiger partial charge is 0.319 e. The number of halogens is 2. The van der Waals surface area contributed by atoms with Gasteiger partial charge in [-0.05, 0) is 12.1 Å². The average Bonchev–Trinajstić information content (AvgIpc) is 2.85. The number of rotatable bonds is 7. The molecule has 1 aromatic heterocycles. The first-order valence-electron chi connectivity index (χ1n) is 5.70. The number of alkyl halides is 2. The van der Waals surface area contributed by atoms with E-state index in [-0.39, 0.29) is 18.8 Å². The standard InChI is InChI=1S/C11H11F2N3O3S/c12-9(13)5-19-4-3-14-7-1-2-8-10(15-6-20-8)11(7)16(17)18/h1-2,6,9,14H,3-5H2. The van der Waals surface area contributed by atoms with Crippen molar-refractivity contribution in [2.75, 3.05) is 25.1 Å². The maximum atomic E-state index is 11.9. The van der Waals surface area contributed by atoms with Gasteiger partial charge in [0.25, 0.3) is 6.43 Å². The lowest BCUT2D eigenvalue weighted by molar-refractivity contribution is -0.382. The number of benzene rings is 1. The molecule has 108 valence electrons. The van der Waals surface area contributed by atoms with Crippen molar-refractivity contribution in [3.8, 4) is 0 Å². The fraction of sp³-hybridized carbons (Fsp3) is 0.364. The van der Waals surface area contributed by atoms with E-state index in [4.69, 9.17) is 4.74 Å². The average molecular weight is 303 g/mol. The lowest BCUT2D eigenvalue weighted by Crippen LogP contribution is -2.13. The zero-order chi connectivity index (χ0) is 14.5. The lowest BCUT2D eigenvalue weighted by atomic mass is 10.2. The Hall–Kier alpha value is -1.87. The second-order valence-electron chi connectivity index (χ2n) is 3.81. The monoisotopic (exact) mass is 303 g/mol. The predicted octanol–water partition coefficient (Wildman–Crippen LogP) is 2.90. The molecule has 0 spiro atoms. The summed E-state index contributed by atoms with van der Waals surface area (Å²) in [4.78, 5) is 14.6. The molecule has 0 saturated heterocycles. The normalized spacial score (nSPS) is 11.2. The fourth-order valence-electron chi connectivity index (χ4n) is 1.67. The third-order valence-corrected chi connectivity index (χ3v) is 3.26. The Kier molecular flexibility index (Phi) is 4.74. The summed E-state index contributed by atoms with van der Waals surface area (Å²) in [6, 6.07) is 3.30. The molecule has 20 heavy (non-hydrogen) atoms. The summed E-state index contributed by atoms with van der Waals surface area (Å²) >= 11 is 1.31. The molecule has 9 heteroatoms. The molecule has 0 aliphatic carbocycles. The third-order valence-electron chi connectivity index (χ3n) is 2.46. The van der Waals surface area contributed by atoms with Crippen molar-refractivity contribution in [3.05, 3.63) is 27.8 Å². The second-order valence-corrected chi connectivity index (χ2v) is 4.70. The molecular formula is C11H11F2N3O3S. The van der Waals surface area contributed by atoms with Crippen molar-refractivity contribution in [3.63, 3.8) is 0 Å². The second kappa shape index (κ2) is 6.53. The molecule has 1 N–H and O–H groups in total. The number of nitrogens with one attached hydrogen (secondary N) is 1. The van der Waals surface area contributed by atoms with E-state index in [9.17, 15) is 18.9 Å². The summed E-state index contributed by atoms with van der Waals surface area (Å²) in [5.41, 5.74) is 2.04. The van der Waals surface area contributed by atoms with E-state index in [0.29, 0.717) is 11.2 Å². The Balaban J connectivity index is 2.05. The van der Waals surface area contributed by atoms with E-state index >= 15 is 0 Å². The Labute approximate surface area is 116 Å². The van der Waals surface area contributed by atoms with Crippen LogP contribution in [0, 0.1) is 10.1 Å². The van der Waals surface area contributed by atoms with Gasteiger partial charge < -0.3 is 10.1 Å². The number of nitro benzene ring substituents is 1. The summed E-state index contributed by atoms with van der Waals surface area (Å²) < 4.78 is 29.1. The molecule has 2 aromatic rings. The summed E-state index contributed by atoms with van der Waals surface area (Å²) in [7, 11) is 0. The molecule has 2 rings (SSSR count). The largest absolute Gasteiger partial charge is 0.377 e. The number of anilines is 1. The van der Waals surface area contributed by atoms with Gasteiger partial charge in [0.15, 0.2) is 5.52 Å².